The Morgan fingerprint density at radius 2 is 1.34 bits per heavy atom. The van der Waals surface area contributed by atoms with Crippen LogP contribution in [0.25, 0.3) is 21.5 Å². The molecule has 1 aliphatic carbocycles. The van der Waals surface area contributed by atoms with Gasteiger partial charge in [0.2, 0.25) is 0 Å². The number of rotatable bonds is 2. The molecule has 0 bridgehead atoms. The van der Waals surface area contributed by atoms with Gasteiger partial charge in [-0.25, -0.2) is 12.2 Å². The van der Waals surface area contributed by atoms with E-state index in [4.69, 9.17) is 0 Å². The fraction of sp³-hybridized carbons (Fsp3) is 0.294. The first kappa shape index (κ1) is 27.4. The van der Waals surface area contributed by atoms with Gasteiger partial charge in [0.15, 0.2) is 0 Å². The quantitative estimate of drug-likeness (QED) is 0.224. The molecule has 0 unspecified atom stereocenters. The maximum absolute atomic E-state index is 2.99. The van der Waals surface area contributed by atoms with Gasteiger partial charge < -0.3 is 0 Å². The Morgan fingerprint density at radius 1 is 0.800 bits per heavy atom. The summed E-state index contributed by atoms with van der Waals surface area (Å²) < 4.78 is 2.25. The molecule has 0 N–H and O–H groups in total. The summed E-state index contributed by atoms with van der Waals surface area (Å²) in [6.45, 7) is 13.6. The van der Waals surface area contributed by atoms with E-state index in [1.54, 1.807) is 0 Å². The molecule has 0 saturated heterocycles. The third-order valence-electron chi connectivity index (χ3n) is 6.20. The van der Waals surface area contributed by atoms with Crippen molar-refractivity contribution in [2.45, 2.75) is 65.2 Å². The van der Waals surface area contributed by atoms with Crippen molar-refractivity contribution in [3.8, 4) is 0 Å². The third-order valence-corrected chi connectivity index (χ3v) is 6.70. The molecular formula is C34H38Zr. The Labute approximate surface area is 227 Å². The van der Waals surface area contributed by atoms with E-state index in [0.717, 1.165) is 12.8 Å². The van der Waals surface area contributed by atoms with Crippen LogP contribution >= 0.6 is 0 Å². The Bertz CT molecular complexity index is 1220. The fourth-order valence-electron chi connectivity index (χ4n) is 4.03. The molecule has 4 aromatic carbocycles. The molecule has 178 valence electrons. The summed E-state index contributed by atoms with van der Waals surface area (Å²) in [7, 11) is 0. The maximum atomic E-state index is 2.99. The van der Waals surface area contributed by atoms with Gasteiger partial charge in [-0.2, -0.15) is 6.08 Å². The predicted molar refractivity (Wildman–Crippen MR) is 152 cm³/mol. The van der Waals surface area contributed by atoms with Crippen LogP contribution in [0.5, 0.6) is 0 Å². The van der Waals surface area contributed by atoms with Crippen LogP contribution in [0.1, 0.15) is 64.7 Å². The van der Waals surface area contributed by atoms with E-state index in [0.29, 0.717) is 0 Å². The van der Waals surface area contributed by atoms with Crippen molar-refractivity contribution in [3.63, 3.8) is 0 Å². The van der Waals surface area contributed by atoms with Gasteiger partial charge in [0.25, 0.3) is 0 Å². The number of hydrogen-bond acceptors (Lipinski definition) is 0. The summed E-state index contributed by atoms with van der Waals surface area (Å²) in [5.74, 6) is 0. The van der Waals surface area contributed by atoms with Crippen LogP contribution in [0.2, 0.25) is 0 Å². The number of allylic oxidation sites excluding steroid dienone is 4. The first-order chi connectivity index (χ1) is 16.6. The zero-order valence-corrected chi connectivity index (χ0v) is 24.6. The van der Waals surface area contributed by atoms with Crippen LogP contribution in [0, 0.1) is 6.08 Å². The van der Waals surface area contributed by atoms with Crippen molar-refractivity contribution < 1.29 is 24.2 Å². The van der Waals surface area contributed by atoms with Crippen molar-refractivity contribution in [1.82, 2.24) is 0 Å². The van der Waals surface area contributed by atoms with Crippen LogP contribution in [0.15, 0.2) is 91.0 Å². The van der Waals surface area contributed by atoms with Crippen LogP contribution in [-0.2, 0) is 41.5 Å². The molecule has 5 rings (SSSR count). The second-order valence-electron chi connectivity index (χ2n) is 11.1. The molecule has 0 fully saturated rings. The van der Waals surface area contributed by atoms with E-state index < -0.39 is 0 Å². The Hall–Kier alpha value is -2.24. The van der Waals surface area contributed by atoms with Gasteiger partial charge in [-0.05, 0) is 10.8 Å². The van der Waals surface area contributed by atoms with E-state index in [1.165, 1.54) is 62.5 Å². The van der Waals surface area contributed by atoms with E-state index >= 15 is 0 Å². The molecule has 0 radical (unpaired) electrons. The first-order valence-corrected chi connectivity index (χ1v) is 13.9. The van der Waals surface area contributed by atoms with Gasteiger partial charge in [0.05, 0.1) is 0 Å². The predicted octanol–water partition coefficient (Wildman–Crippen LogP) is 9.19. The van der Waals surface area contributed by atoms with Crippen LogP contribution in [0.4, 0.5) is 0 Å². The van der Waals surface area contributed by atoms with Crippen LogP contribution in [0.3, 0.4) is 0 Å². The van der Waals surface area contributed by atoms with Gasteiger partial charge in [-0.1, -0.05) is 76.9 Å². The van der Waals surface area contributed by atoms with Crippen LogP contribution < -0.4 is 0 Å². The van der Waals surface area contributed by atoms with Crippen LogP contribution in [-0.4, -0.2) is 3.71 Å². The monoisotopic (exact) mass is 536 g/mol. The van der Waals surface area contributed by atoms with Crippen molar-refractivity contribution >= 4 is 25.3 Å². The summed E-state index contributed by atoms with van der Waals surface area (Å²) in [5, 5.41) is 5.48. The van der Waals surface area contributed by atoms with Gasteiger partial charge >= 0.3 is 70.3 Å². The summed E-state index contributed by atoms with van der Waals surface area (Å²) >= 11 is 1.51. The topological polar surface area (TPSA) is 0 Å². The molecule has 0 atom stereocenters. The fourth-order valence-corrected chi connectivity index (χ4v) is 4.61. The number of hydrogen-bond donors (Lipinski definition) is 0. The Kier molecular flexibility index (Phi) is 9.49. The molecule has 0 saturated carbocycles. The molecule has 0 heterocycles. The summed E-state index contributed by atoms with van der Waals surface area (Å²) in [5.41, 5.74) is 4.62. The number of fused-ring (bicyclic) bond motifs is 3. The average Bonchev–Trinajstić information content (AvgIpc) is 3.50. The second kappa shape index (κ2) is 12.1. The number of benzene rings is 3. The molecule has 1 aliphatic rings. The van der Waals surface area contributed by atoms with Gasteiger partial charge in [0.1, 0.15) is 0 Å². The Morgan fingerprint density at radius 3 is 1.71 bits per heavy atom. The molecular weight excluding hydrogens is 500 g/mol. The molecule has 0 nitrogen and oxygen atoms in total. The molecule has 0 amide bonds. The summed E-state index contributed by atoms with van der Waals surface area (Å²) in [6.07, 6.45) is 11.1. The van der Waals surface area contributed by atoms with E-state index in [-0.39, 0.29) is 10.8 Å². The minimum absolute atomic E-state index is 0.203. The Balaban J connectivity index is 0.000000199. The van der Waals surface area contributed by atoms with Crippen molar-refractivity contribution in [3.05, 3.63) is 114 Å². The summed E-state index contributed by atoms with van der Waals surface area (Å²) in [6, 6.07) is 26.7. The molecule has 0 aliphatic heterocycles. The normalized spacial score (nSPS) is 12.8. The average molecular weight is 538 g/mol. The zero-order chi connectivity index (χ0) is 25.5. The van der Waals surface area contributed by atoms with Crippen molar-refractivity contribution in [1.29, 1.82) is 0 Å². The molecule has 0 spiro atoms. The zero-order valence-electron chi connectivity index (χ0n) is 22.2. The van der Waals surface area contributed by atoms with E-state index in [9.17, 15) is 0 Å². The SMILES string of the molecule is CC(C)(C)c1ccc2c(c1)[cH-]c1cc(C(C)(C)C)ccc12.[C-]1=CC=CC1.[Zr+2]=[CH]Cc1ccccc1. The molecule has 0 aromatic heterocycles. The van der Waals surface area contributed by atoms with Crippen molar-refractivity contribution in [2.24, 2.45) is 0 Å². The summed E-state index contributed by atoms with van der Waals surface area (Å²) in [4.78, 5) is 0. The van der Waals surface area contributed by atoms with E-state index in [1.807, 2.05) is 18.2 Å². The standard InChI is InChI=1S/C21H25.C8H8.C5H5.Zr/c1-20(2,3)16-7-9-18-14(12-16)11-15-13-17(21(4,5)6)8-10-19(15)18;1-2-8-6-4-3-5-7-8;1-2-4-5-3-1;/h7-13H,1-6H3;1,3-7H,2H2;1-3H,4H2;/q-1;;-1;+2. The van der Waals surface area contributed by atoms with Gasteiger partial charge in [-0.3, -0.25) is 6.08 Å². The van der Waals surface area contributed by atoms with E-state index in [2.05, 4.69) is 124 Å². The minimum atomic E-state index is 0.203. The first-order valence-electron chi connectivity index (χ1n) is 12.5. The molecule has 35 heavy (non-hydrogen) atoms. The molecule has 4 aromatic rings. The van der Waals surface area contributed by atoms with Gasteiger partial charge in [-0.15, -0.1) is 46.2 Å². The second-order valence-corrected chi connectivity index (χ2v) is 12.1. The van der Waals surface area contributed by atoms with Crippen molar-refractivity contribution in [2.75, 3.05) is 0 Å². The van der Waals surface area contributed by atoms with Gasteiger partial charge in [0, 0.05) is 0 Å². The molecule has 1 heteroatoms. The third kappa shape index (κ3) is 7.88.